The summed E-state index contributed by atoms with van der Waals surface area (Å²) >= 11 is 0. The molecule has 0 N–H and O–H groups in total. The second kappa shape index (κ2) is 9.07. The summed E-state index contributed by atoms with van der Waals surface area (Å²) in [5, 5.41) is 6.17. The van der Waals surface area contributed by atoms with E-state index >= 15 is 0 Å². The number of nitrogens with zero attached hydrogens (tertiary/aromatic N) is 7. The molecule has 4 aromatic rings. The minimum absolute atomic E-state index is 0.0407. The van der Waals surface area contributed by atoms with Crippen molar-refractivity contribution in [2.45, 2.75) is 12.8 Å². The highest BCUT2D eigenvalue weighted by atomic mass is 16.1. The first-order chi connectivity index (χ1) is 16.0. The maximum atomic E-state index is 13.1. The van der Waals surface area contributed by atoms with Gasteiger partial charge in [-0.3, -0.25) is 19.4 Å². The molecule has 0 aromatic carbocycles. The van der Waals surface area contributed by atoms with Gasteiger partial charge in [0.25, 0.3) is 0 Å². The van der Waals surface area contributed by atoms with Crippen LogP contribution in [0.4, 0.5) is 5.82 Å². The number of pyridine rings is 3. The molecule has 1 saturated heterocycles. The quantitative estimate of drug-likeness (QED) is 0.441. The summed E-state index contributed by atoms with van der Waals surface area (Å²) in [5.74, 6) is 0.911. The Morgan fingerprint density at radius 2 is 1.82 bits per heavy atom. The van der Waals surface area contributed by atoms with Gasteiger partial charge in [-0.25, -0.2) is 4.98 Å². The third kappa shape index (κ3) is 4.75. The number of anilines is 1. The zero-order valence-electron chi connectivity index (χ0n) is 19.0. The molecular weight excluding hydrogens is 414 g/mol. The molecule has 8 heteroatoms. The highest BCUT2D eigenvalue weighted by Gasteiger charge is 2.16. The van der Waals surface area contributed by atoms with Crippen molar-refractivity contribution < 1.29 is 4.79 Å². The molecule has 8 nitrogen and oxygen atoms in total. The van der Waals surface area contributed by atoms with E-state index in [9.17, 15) is 4.79 Å². The van der Waals surface area contributed by atoms with E-state index in [1.165, 1.54) is 0 Å². The van der Waals surface area contributed by atoms with Gasteiger partial charge in [-0.05, 0) is 49.7 Å². The lowest BCUT2D eigenvalue weighted by Crippen LogP contribution is -2.29. The first-order valence-corrected chi connectivity index (χ1v) is 11.2. The Bertz CT molecular complexity index is 1300. The highest BCUT2D eigenvalue weighted by Crippen LogP contribution is 2.22. The number of likely N-dealkylation sites (N-methyl/N-ethyl adjacent to an activating group) is 1. The van der Waals surface area contributed by atoms with E-state index in [1.807, 2.05) is 37.6 Å². The van der Waals surface area contributed by atoms with Crippen LogP contribution >= 0.6 is 0 Å². The van der Waals surface area contributed by atoms with Crippen molar-refractivity contribution in [2.24, 2.45) is 7.05 Å². The average Bonchev–Trinajstić information content (AvgIpc) is 3.15. The van der Waals surface area contributed by atoms with Crippen LogP contribution < -0.4 is 4.90 Å². The van der Waals surface area contributed by atoms with Crippen molar-refractivity contribution in [1.29, 1.82) is 0 Å². The summed E-state index contributed by atoms with van der Waals surface area (Å²) < 4.78 is 1.75. The third-order valence-corrected chi connectivity index (χ3v) is 6.11. The summed E-state index contributed by atoms with van der Waals surface area (Å²) in [6.45, 7) is 3.95. The Morgan fingerprint density at radius 1 is 0.939 bits per heavy atom. The number of aromatic nitrogens is 5. The van der Waals surface area contributed by atoms with Crippen molar-refractivity contribution in [3.63, 3.8) is 0 Å². The maximum absolute atomic E-state index is 13.1. The molecule has 1 fully saturated rings. The summed E-state index contributed by atoms with van der Waals surface area (Å²) in [6, 6.07) is 7.70. The SMILES string of the molecule is CN1CCCN(c2cc(C(=O)Cc3cc4cc(-c5cnn(C)c5)ncc4cn3)ccn2)CC1. The number of hydrogen-bond donors (Lipinski definition) is 0. The van der Waals surface area contributed by atoms with Gasteiger partial charge in [0, 0.05) is 73.7 Å². The van der Waals surface area contributed by atoms with E-state index < -0.39 is 0 Å². The lowest BCUT2D eigenvalue weighted by Gasteiger charge is -2.21. The zero-order chi connectivity index (χ0) is 22.8. The first kappa shape index (κ1) is 21.2. The molecule has 168 valence electrons. The number of aryl methyl sites for hydroxylation is 1. The predicted octanol–water partition coefficient (Wildman–Crippen LogP) is 2.99. The van der Waals surface area contributed by atoms with E-state index in [-0.39, 0.29) is 12.2 Å². The second-order valence-corrected chi connectivity index (χ2v) is 8.64. The van der Waals surface area contributed by atoms with Gasteiger partial charge in [-0.15, -0.1) is 0 Å². The molecular formula is C25H27N7O. The van der Waals surface area contributed by atoms with Gasteiger partial charge in [0.15, 0.2) is 5.78 Å². The lowest BCUT2D eigenvalue weighted by molar-refractivity contribution is 0.0992. The third-order valence-electron chi connectivity index (χ3n) is 6.11. The van der Waals surface area contributed by atoms with E-state index in [1.54, 1.807) is 29.3 Å². The van der Waals surface area contributed by atoms with Crippen molar-refractivity contribution >= 4 is 22.4 Å². The number of carbonyl (C=O) groups is 1. The van der Waals surface area contributed by atoms with Gasteiger partial charge in [0.1, 0.15) is 5.82 Å². The Hall–Kier alpha value is -3.65. The largest absolute Gasteiger partial charge is 0.355 e. The molecule has 5 rings (SSSR count). The van der Waals surface area contributed by atoms with Crippen LogP contribution in [-0.4, -0.2) is 68.6 Å². The Kier molecular flexibility index (Phi) is 5.83. The molecule has 0 radical (unpaired) electrons. The van der Waals surface area contributed by atoms with Crippen molar-refractivity contribution in [3.05, 3.63) is 66.5 Å². The summed E-state index contributed by atoms with van der Waals surface area (Å²) in [6.07, 6.45) is 10.4. The van der Waals surface area contributed by atoms with Crippen LogP contribution in [0.2, 0.25) is 0 Å². The highest BCUT2D eigenvalue weighted by molar-refractivity contribution is 5.98. The molecule has 0 aliphatic carbocycles. The summed E-state index contributed by atoms with van der Waals surface area (Å²) in [4.78, 5) is 31.2. The van der Waals surface area contributed by atoms with Crippen LogP contribution in [0, 0.1) is 0 Å². The van der Waals surface area contributed by atoms with E-state index in [0.717, 1.165) is 66.1 Å². The average molecular weight is 442 g/mol. The van der Waals surface area contributed by atoms with Crippen molar-refractivity contribution in [2.75, 3.05) is 38.1 Å². The topological polar surface area (TPSA) is 80.0 Å². The normalized spacial score (nSPS) is 15.0. The Morgan fingerprint density at radius 3 is 2.67 bits per heavy atom. The van der Waals surface area contributed by atoms with E-state index in [0.29, 0.717) is 5.56 Å². The fourth-order valence-corrected chi connectivity index (χ4v) is 4.20. The minimum atomic E-state index is 0.0407. The number of fused-ring (bicyclic) bond motifs is 1. The van der Waals surface area contributed by atoms with Gasteiger partial charge in [0.2, 0.25) is 0 Å². The first-order valence-electron chi connectivity index (χ1n) is 11.2. The Balaban J connectivity index is 1.35. The van der Waals surface area contributed by atoms with E-state index in [2.05, 4.69) is 36.9 Å². The van der Waals surface area contributed by atoms with Crippen LogP contribution in [0.15, 0.2) is 55.2 Å². The zero-order valence-corrected chi connectivity index (χ0v) is 19.0. The molecule has 0 atom stereocenters. The second-order valence-electron chi connectivity index (χ2n) is 8.64. The van der Waals surface area contributed by atoms with Gasteiger partial charge in [0.05, 0.1) is 18.3 Å². The molecule has 4 aromatic heterocycles. The molecule has 0 amide bonds. The molecule has 0 bridgehead atoms. The van der Waals surface area contributed by atoms with Crippen LogP contribution in [0.25, 0.3) is 22.0 Å². The van der Waals surface area contributed by atoms with Gasteiger partial charge in [-0.2, -0.15) is 5.10 Å². The predicted molar refractivity (Wildman–Crippen MR) is 128 cm³/mol. The molecule has 33 heavy (non-hydrogen) atoms. The van der Waals surface area contributed by atoms with Crippen molar-refractivity contribution in [3.8, 4) is 11.3 Å². The van der Waals surface area contributed by atoms with Gasteiger partial charge >= 0.3 is 0 Å². The lowest BCUT2D eigenvalue weighted by atomic mass is 10.1. The van der Waals surface area contributed by atoms with Gasteiger partial charge in [-0.1, -0.05) is 0 Å². The fourth-order valence-electron chi connectivity index (χ4n) is 4.20. The van der Waals surface area contributed by atoms with Crippen LogP contribution in [0.5, 0.6) is 0 Å². The van der Waals surface area contributed by atoms with Crippen molar-refractivity contribution in [1.82, 2.24) is 29.6 Å². The standard InChI is InChI=1S/C25H27N7O/c1-30-6-3-7-32(9-8-30)25-12-18(4-5-26-25)24(33)13-22-10-19-11-23(21-16-29-31(2)17-21)28-15-20(19)14-27-22/h4-5,10-12,14-17H,3,6-9,13H2,1-2H3. The molecule has 5 heterocycles. The van der Waals surface area contributed by atoms with E-state index in [4.69, 9.17) is 0 Å². The number of carbonyl (C=O) groups excluding carboxylic acids is 1. The van der Waals surface area contributed by atoms with Gasteiger partial charge < -0.3 is 9.80 Å². The van der Waals surface area contributed by atoms with Crippen LogP contribution in [-0.2, 0) is 13.5 Å². The Labute approximate surface area is 192 Å². The molecule has 1 aliphatic rings. The molecule has 1 aliphatic heterocycles. The summed E-state index contributed by atoms with van der Waals surface area (Å²) in [7, 11) is 4.02. The van der Waals surface area contributed by atoms with Crippen LogP contribution in [0.3, 0.4) is 0 Å². The summed E-state index contributed by atoms with van der Waals surface area (Å²) in [5.41, 5.74) is 3.22. The number of hydrogen-bond acceptors (Lipinski definition) is 7. The minimum Gasteiger partial charge on any atom is -0.355 e. The molecule has 0 saturated carbocycles. The molecule has 0 unspecified atom stereocenters. The van der Waals surface area contributed by atoms with Crippen LogP contribution in [0.1, 0.15) is 22.5 Å². The number of rotatable bonds is 5. The molecule has 0 spiro atoms. The smallest absolute Gasteiger partial charge is 0.169 e. The number of ketones is 1. The monoisotopic (exact) mass is 441 g/mol. The maximum Gasteiger partial charge on any atom is 0.169 e. The number of Topliss-reactive ketones (excluding diaryl/α,β-unsaturated/α-hetero) is 1. The fraction of sp³-hybridized carbons (Fsp3) is 0.320.